The minimum Gasteiger partial charge on any atom is -0.462 e. The molecule has 3 rings (SSSR count). The van der Waals surface area contributed by atoms with Crippen LogP contribution in [0.25, 0.3) is 0 Å². The van der Waals surface area contributed by atoms with E-state index in [-0.39, 0.29) is 11.9 Å². The van der Waals surface area contributed by atoms with Crippen molar-refractivity contribution in [1.29, 1.82) is 0 Å². The first-order valence-electron chi connectivity index (χ1n) is 8.92. The lowest BCUT2D eigenvalue weighted by Crippen LogP contribution is -2.13. The fraction of sp³-hybridized carbons (Fsp3) is 0.0833. The number of nitrogens with one attached hydrogen (secondary N) is 1. The molecule has 0 aliphatic carbocycles. The van der Waals surface area contributed by atoms with Crippen LogP contribution in [0.3, 0.4) is 0 Å². The highest BCUT2D eigenvalue weighted by atomic mass is 16.5. The van der Waals surface area contributed by atoms with Gasteiger partial charge in [0.05, 0.1) is 17.7 Å². The zero-order valence-electron chi connectivity index (χ0n) is 15.4. The van der Waals surface area contributed by atoms with Gasteiger partial charge in [0.1, 0.15) is 0 Å². The molecule has 0 spiro atoms. The molecule has 0 unspecified atom stereocenters. The van der Waals surface area contributed by atoms with Crippen LogP contribution < -0.4 is 5.32 Å². The Morgan fingerprint density at radius 2 is 1.54 bits per heavy atom. The normalized spacial score (nSPS) is 9.75. The highest BCUT2D eigenvalue weighted by Gasteiger charge is 2.11. The summed E-state index contributed by atoms with van der Waals surface area (Å²) in [4.78, 5) is 24.4. The van der Waals surface area contributed by atoms with Gasteiger partial charge in [-0.15, -0.1) is 0 Å². The van der Waals surface area contributed by atoms with Crippen molar-refractivity contribution in [2.24, 2.45) is 0 Å². The van der Waals surface area contributed by atoms with Crippen molar-refractivity contribution in [2.45, 2.75) is 6.92 Å². The second kappa shape index (κ2) is 9.20. The van der Waals surface area contributed by atoms with Gasteiger partial charge < -0.3 is 10.1 Å². The Morgan fingerprint density at radius 3 is 2.25 bits per heavy atom. The van der Waals surface area contributed by atoms with Gasteiger partial charge in [-0.2, -0.15) is 0 Å². The third-order valence-corrected chi connectivity index (χ3v) is 3.94. The molecule has 0 bridgehead atoms. The van der Waals surface area contributed by atoms with E-state index in [2.05, 4.69) is 17.2 Å². The van der Waals surface area contributed by atoms with Crippen molar-refractivity contribution in [3.05, 3.63) is 101 Å². The third-order valence-electron chi connectivity index (χ3n) is 3.94. The van der Waals surface area contributed by atoms with Crippen molar-refractivity contribution in [1.82, 2.24) is 0 Å². The molecule has 3 aromatic carbocycles. The summed E-state index contributed by atoms with van der Waals surface area (Å²) in [6, 6.07) is 23.4. The molecule has 0 saturated carbocycles. The summed E-state index contributed by atoms with van der Waals surface area (Å²) >= 11 is 0. The summed E-state index contributed by atoms with van der Waals surface area (Å²) in [5.74, 6) is 5.48. The molecule has 0 saturated heterocycles. The lowest BCUT2D eigenvalue weighted by atomic mass is 10.1. The average Bonchev–Trinajstić information content (AvgIpc) is 2.74. The molecule has 4 heteroatoms. The Hall–Kier alpha value is -3.84. The van der Waals surface area contributed by atoms with Gasteiger partial charge in [-0.1, -0.05) is 42.2 Å². The molecule has 0 aliphatic rings. The smallest absolute Gasteiger partial charge is 0.338 e. The molecule has 0 radical (unpaired) electrons. The van der Waals surface area contributed by atoms with E-state index >= 15 is 0 Å². The Kier molecular flexibility index (Phi) is 6.22. The minimum atomic E-state index is -0.387. The van der Waals surface area contributed by atoms with Crippen LogP contribution in [0, 0.1) is 11.8 Å². The van der Waals surface area contributed by atoms with Crippen LogP contribution in [-0.2, 0) is 4.74 Å². The van der Waals surface area contributed by atoms with Gasteiger partial charge >= 0.3 is 5.97 Å². The molecule has 4 nitrogen and oxygen atoms in total. The predicted molar refractivity (Wildman–Crippen MR) is 109 cm³/mol. The lowest BCUT2D eigenvalue weighted by molar-refractivity contribution is 0.0526. The standard InChI is InChI=1S/C24H19NO3/c1-2-28-24(27)20-14-16-21(17-15-20)25-23(26)22-11-7-6-10-19(22)13-12-18-8-4-3-5-9-18/h3-11,14-17H,2H2,1H3,(H,25,26). The van der Waals surface area contributed by atoms with Crippen molar-refractivity contribution in [3.63, 3.8) is 0 Å². The van der Waals surface area contributed by atoms with E-state index in [4.69, 9.17) is 4.74 Å². The zero-order valence-corrected chi connectivity index (χ0v) is 15.4. The predicted octanol–water partition coefficient (Wildman–Crippen LogP) is 4.52. The van der Waals surface area contributed by atoms with Crippen LogP contribution >= 0.6 is 0 Å². The molecule has 3 aromatic rings. The molecule has 138 valence electrons. The number of anilines is 1. The van der Waals surface area contributed by atoms with Gasteiger partial charge in [-0.05, 0) is 55.5 Å². The third kappa shape index (κ3) is 4.87. The topological polar surface area (TPSA) is 55.4 Å². The number of rotatable bonds is 4. The zero-order chi connectivity index (χ0) is 19.8. The average molecular weight is 369 g/mol. The first-order chi connectivity index (χ1) is 13.7. The highest BCUT2D eigenvalue weighted by Crippen LogP contribution is 2.14. The van der Waals surface area contributed by atoms with E-state index in [0.717, 1.165) is 5.56 Å². The Balaban J connectivity index is 1.77. The van der Waals surface area contributed by atoms with Gasteiger partial charge in [0, 0.05) is 16.8 Å². The van der Waals surface area contributed by atoms with Crippen LogP contribution in [0.1, 0.15) is 38.8 Å². The number of hydrogen-bond acceptors (Lipinski definition) is 3. The van der Waals surface area contributed by atoms with E-state index in [9.17, 15) is 9.59 Å². The summed E-state index contributed by atoms with van der Waals surface area (Å²) < 4.78 is 4.96. The van der Waals surface area contributed by atoms with Crippen molar-refractivity contribution >= 4 is 17.6 Å². The van der Waals surface area contributed by atoms with Crippen molar-refractivity contribution in [3.8, 4) is 11.8 Å². The van der Waals surface area contributed by atoms with E-state index in [1.807, 2.05) is 42.5 Å². The number of ether oxygens (including phenoxy) is 1. The summed E-state index contributed by atoms with van der Waals surface area (Å²) in [5, 5.41) is 2.84. The van der Waals surface area contributed by atoms with Crippen molar-refractivity contribution in [2.75, 3.05) is 11.9 Å². The molecule has 0 aliphatic heterocycles. The number of carbonyl (C=O) groups is 2. The summed E-state index contributed by atoms with van der Waals surface area (Å²) in [6.07, 6.45) is 0. The van der Waals surface area contributed by atoms with Crippen LogP contribution in [0.2, 0.25) is 0 Å². The van der Waals surface area contributed by atoms with E-state index in [1.54, 1.807) is 43.3 Å². The van der Waals surface area contributed by atoms with E-state index < -0.39 is 0 Å². The van der Waals surface area contributed by atoms with Gasteiger partial charge in [0.2, 0.25) is 0 Å². The molecule has 1 amide bonds. The maximum absolute atomic E-state index is 12.7. The maximum Gasteiger partial charge on any atom is 0.338 e. The molecule has 1 N–H and O–H groups in total. The van der Waals surface area contributed by atoms with Crippen LogP contribution in [0.15, 0.2) is 78.9 Å². The molecular weight excluding hydrogens is 350 g/mol. The number of esters is 1. The minimum absolute atomic E-state index is 0.262. The number of hydrogen-bond donors (Lipinski definition) is 1. The van der Waals surface area contributed by atoms with Crippen molar-refractivity contribution < 1.29 is 14.3 Å². The van der Waals surface area contributed by atoms with E-state index in [0.29, 0.717) is 29.0 Å². The van der Waals surface area contributed by atoms with E-state index in [1.165, 1.54) is 0 Å². The number of carbonyl (C=O) groups excluding carboxylic acids is 2. The number of benzene rings is 3. The molecular formula is C24H19NO3. The first-order valence-corrected chi connectivity index (χ1v) is 8.92. The SMILES string of the molecule is CCOC(=O)c1ccc(NC(=O)c2ccccc2C#Cc2ccccc2)cc1. The summed E-state index contributed by atoms with van der Waals surface area (Å²) in [5.41, 5.74) is 3.04. The summed E-state index contributed by atoms with van der Waals surface area (Å²) in [7, 11) is 0. The van der Waals surface area contributed by atoms with Gasteiger partial charge in [-0.3, -0.25) is 4.79 Å². The highest BCUT2D eigenvalue weighted by molar-refractivity contribution is 6.06. The fourth-order valence-corrected chi connectivity index (χ4v) is 2.55. The van der Waals surface area contributed by atoms with Gasteiger partial charge in [0.15, 0.2) is 0 Å². The van der Waals surface area contributed by atoms with Crippen LogP contribution in [-0.4, -0.2) is 18.5 Å². The Morgan fingerprint density at radius 1 is 0.857 bits per heavy atom. The fourth-order valence-electron chi connectivity index (χ4n) is 2.55. The molecule has 0 aromatic heterocycles. The molecule has 28 heavy (non-hydrogen) atoms. The number of amides is 1. The van der Waals surface area contributed by atoms with Gasteiger partial charge in [0.25, 0.3) is 5.91 Å². The molecule has 0 atom stereocenters. The van der Waals surface area contributed by atoms with Crippen LogP contribution in [0.5, 0.6) is 0 Å². The quantitative estimate of drug-likeness (QED) is 0.544. The Labute approximate surface area is 164 Å². The largest absolute Gasteiger partial charge is 0.462 e. The lowest BCUT2D eigenvalue weighted by Gasteiger charge is -2.08. The Bertz CT molecular complexity index is 1030. The van der Waals surface area contributed by atoms with Crippen LogP contribution in [0.4, 0.5) is 5.69 Å². The first kappa shape index (κ1) is 18.9. The molecule has 0 heterocycles. The maximum atomic E-state index is 12.7. The summed E-state index contributed by atoms with van der Waals surface area (Å²) in [6.45, 7) is 2.07. The second-order valence-corrected chi connectivity index (χ2v) is 5.91. The van der Waals surface area contributed by atoms with Gasteiger partial charge in [-0.25, -0.2) is 4.79 Å². The molecule has 0 fully saturated rings. The monoisotopic (exact) mass is 369 g/mol. The second-order valence-electron chi connectivity index (χ2n) is 5.91.